The van der Waals surface area contributed by atoms with Gasteiger partial charge in [0.1, 0.15) is 4.90 Å². The van der Waals surface area contributed by atoms with Crippen LogP contribution in [-0.2, 0) is 14.1 Å². The van der Waals surface area contributed by atoms with Gasteiger partial charge >= 0.3 is 0 Å². The van der Waals surface area contributed by atoms with Crippen LogP contribution >= 0.6 is 0 Å². The van der Waals surface area contributed by atoms with Crippen molar-refractivity contribution in [1.29, 1.82) is 0 Å². The predicted octanol–water partition coefficient (Wildman–Crippen LogP) is 3.81. The monoisotopic (exact) mass is 406 g/mol. The Morgan fingerprint density at radius 1 is 1.04 bits per heavy atom. The van der Waals surface area contributed by atoms with Gasteiger partial charge in [0.25, 0.3) is 0 Å². The molecular formula is C18H26N2O3SSi2. The summed E-state index contributed by atoms with van der Waals surface area (Å²) < 4.78 is 35.4. The maximum atomic E-state index is 13.5. The van der Waals surface area contributed by atoms with Crippen LogP contribution in [0.15, 0.2) is 41.4 Å². The third-order valence-electron chi connectivity index (χ3n) is 6.12. The van der Waals surface area contributed by atoms with Gasteiger partial charge in [0.15, 0.2) is 16.6 Å². The van der Waals surface area contributed by atoms with E-state index < -0.39 is 26.7 Å². The first-order valence-electron chi connectivity index (χ1n) is 9.15. The Bertz CT molecular complexity index is 935. The van der Waals surface area contributed by atoms with E-state index in [9.17, 15) is 8.42 Å². The molecule has 2 atom stereocenters. The lowest BCUT2D eigenvalue weighted by Crippen LogP contribution is -2.62. The third-order valence-corrected chi connectivity index (χ3v) is 17.0. The van der Waals surface area contributed by atoms with Crippen molar-refractivity contribution >= 4 is 37.6 Å². The van der Waals surface area contributed by atoms with Gasteiger partial charge in [-0.3, -0.25) is 4.98 Å². The van der Waals surface area contributed by atoms with Crippen LogP contribution in [-0.4, -0.2) is 47.4 Å². The second-order valence-corrected chi connectivity index (χ2v) is 19.4. The summed E-state index contributed by atoms with van der Waals surface area (Å²) in [4.78, 5) is 4.69. The normalized spacial score (nSPS) is 28.2. The molecule has 0 N–H and O–H groups in total. The lowest BCUT2D eigenvalue weighted by molar-refractivity contribution is 0.288. The Morgan fingerprint density at radius 3 is 2.31 bits per heavy atom. The summed E-state index contributed by atoms with van der Waals surface area (Å²) in [7, 11) is -7.33. The highest BCUT2D eigenvalue weighted by Crippen LogP contribution is 2.49. The molecule has 2 bridgehead atoms. The lowest BCUT2D eigenvalue weighted by atomic mass is 10.1. The summed E-state index contributed by atoms with van der Waals surface area (Å²) in [5.74, 6) is 0. The summed E-state index contributed by atoms with van der Waals surface area (Å²) in [6.07, 6.45) is 2.78. The minimum absolute atomic E-state index is 0.329. The topological polar surface area (TPSA) is 59.5 Å². The van der Waals surface area contributed by atoms with E-state index >= 15 is 0 Å². The average Bonchev–Trinajstić information content (AvgIpc) is 2.59. The molecule has 4 rings (SSSR count). The van der Waals surface area contributed by atoms with Crippen LogP contribution in [0.5, 0.6) is 0 Å². The maximum absolute atomic E-state index is 13.5. The summed E-state index contributed by atoms with van der Waals surface area (Å²) in [6, 6.07) is 9.15. The van der Waals surface area contributed by atoms with Crippen molar-refractivity contribution in [3.8, 4) is 0 Å². The van der Waals surface area contributed by atoms with Crippen molar-refractivity contribution in [2.24, 2.45) is 0 Å². The zero-order chi connectivity index (χ0) is 18.7. The molecule has 3 heterocycles. The van der Waals surface area contributed by atoms with E-state index in [0.29, 0.717) is 34.6 Å². The number of hydrogen-bond acceptors (Lipinski definition) is 4. The Hall–Kier alpha value is -1.07. The standard InChI is InChI=1S/C18H26N2O3SSi2/c1-25(2)15-11-16(26(3,4)23-25)13-20(12-15)24(21,22)17-9-5-7-14-8-6-10-19-18(14)17/h5-10,15-16H,11-13H2,1-4H3/t15-,16?/m1/s1. The van der Waals surface area contributed by atoms with Crippen LogP contribution in [0.4, 0.5) is 0 Å². The molecule has 5 nitrogen and oxygen atoms in total. The number of aromatic nitrogens is 1. The molecule has 2 fully saturated rings. The molecule has 1 aromatic heterocycles. The zero-order valence-corrected chi connectivity index (χ0v) is 18.6. The van der Waals surface area contributed by atoms with Crippen LogP contribution in [0.1, 0.15) is 6.42 Å². The number of para-hydroxylation sites is 1. The fraction of sp³-hybridized carbons (Fsp3) is 0.500. The van der Waals surface area contributed by atoms with Crippen molar-refractivity contribution in [2.45, 2.75) is 48.6 Å². The van der Waals surface area contributed by atoms with E-state index in [2.05, 4.69) is 31.2 Å². The maximum Gasteiger partial charge on any atom is 0.245 e. The van der Waals surface area contributed by atoms with Crippen molar-refractivity contribution in [2.75, 3.05) is 13.1 Å². The third kappa shape index (κ3) is 2.88. The molecule has 0 amide bonds. The van der Waals surface area contributed by atoms with Crippen molar-refractivity contribution < 1.29 is 12.5 Å². The molecule has 2 aliphatic rings. The highest BCUT2D eigenvalue weighted by atomic mass is 32.2. The Labute approximate surface area is 157 Å². The summed E-state index contributed by atoms with van der Waals surface area (Å²) >= 11 is 0. The van der Waals surface area contributed by atoms with Gasteiger partial charge in [-0.15, -0.1) is 0 Å². The van der Waals surface area contributed by atoms with Crippen LogP contribution in [0.25, 0.3) is 10.9 Å². The number of sulfonamides is 1. The molecule has 0 radical (unpaired) electrons. The predicted molar refractivity (Wildman–Crippen MR) is 109 cm³/mol. The number of rotatable bonds is 2. The quantitative estimate of drug-likeness (QED) is 0.712. The first-order chi connectivity index (χ1) is 12.1. The fourth-order valence-corrected chi connectivity index (χ4v) is 16.5. The zero-order valence-electron chi connectivity index (χ0n) is 15.8. The number of piperidine rings is 1. The highest BCUT2D eigenvalue weighted by Gasteiger charge is 2.54. The van der Waals surface area contributed by atoms with Gasteiger partial charge in [-0.1, -0.05) is 18.2 Å². The van der Waals surface area contributed by atoms with Gasteiger partial charge in [0.2, 0.25) is 10.0 Å². The van der Waals surface area contributed by atoms with Crippen molar-refractivity contribution in [1.82, 2.24) is 9.29 Å². The fourth-order valence-electron chi connectivity index (χ4n) is 4.53. The lowest BCUT2D eigenvalue weighted by Gasteiger charge is -2.54. The van der Waals surface area contributed by atoms with E-state index in [-0.39, 0.29) is 0 Å². The van der Waals surface area contributed by atoms with Crippen LogP contribution in [0.2, 0.25) is 37.3 Å². The van der Waals surface area contributed by atoms with Gasteiger partial charge in [-0.2, -0.15) is 4.31 Å². The first kappa shape index (κ1) is 18.3. The largest absolute Gasteiger partial charge is 0.455 e. The minimum atomic E-state index is -3.57. The van der Waals surface area contributed by atoms with E-state index in [1.165, 1.54) is 0 Å². The van der Waals surface area contributed by atoms with Crippen LogP contribution in [0.3, 0.4) is 0 Å². The van der Waals surface area contributed by atoms with Gasteiger partial charge < -0.3 is 4.12 Å². The van der Waals surface area contributed by atoms with Gasteiger partial charge in [-0.05, 0) is 55.8 Å². The minimum Gasteiger partial charge on any atom is -0.455 e. The van der Waals surface area contributed by atoms with Gasteiger partial charge in [-0.25, -0.2) is 8.42 Å². The second kappa shape index (κ2) is 5.97. The molecule has 0 saturated carbocycles. The van der Waals surface area contributed by atoms with E-state index in [0.717, 1.165) is 11.8 Å². The molecule has 26 heavy (non-hydrogen) atoms. The highest BCUT2D eigenvalue weighted by molar-refractivity contribution is 7.89. The molecule has 1 aromatic carbocycles. The number of benzene rings is 1. The Kier molecular flexibility index (Phi) is 4.20. The Balaban J connectivity index is 1.77. The molecule has 2 aromatic rings. The van der Waals surface area contributed by atoms with Crippen LogP contribution < -0.4 is 0 Å². The molecule has 2 saturated heterocycles. The van der Waals surface area contributed by atoms with Crippen LogP contribution in [0, 0.1) is 0 Å². The van der Waals surface area contributed by atoms with E-state index in [4.69, 9.17) is 4.12 Å². The molecular weight excluding hydrogens is 380 g/mol. The van der Waals surface area contributed by atoms with E-state index in [1.54, 1.807) is 16.6 Å². The van der Waals surface area contributed by atoms with Crippen molar-refractivity contribution in [3.63, 3.8) is 0 Å². The molecule has 0 spiro atoms. The summed E-state index contributed by atoms with van der Waals surface area (Å²) in [5.41, 5.74) is 1.29. The SMILES string of the molecule is C[Si]1(C)O[Si](C)(C)[C@@H]2CC1CN(S(=O)(=O)c1cccc3cccnc13)C2. The van der Waals surface area contributed by atoms with E-state index in [1.807, 2.05) is 24.3 Å². The number of pyridine rings is 1. The number of fused-ring (bicyclic) bond motifs is 3. The van der Waals surface area contributed by atoms with Crippen molar-refractivity contribution in [3.05, 3.63) is 36.5 Å². The second-order valence-electron chi connectivity index (χ2n) is 8.59. The smallest absolute Gasteiger partial charge is 0.245 e. The van der Waals surface area contributed by atoms with Gasteiger partial charge in [0, 0.05) is 24.7 Å². The first-order valence-corrected chi connectivity index (χ1v) is 16.6. The molecule has 0 aliphatic carbocycles. The Morgan fingerprint density at radius 2 is 1.65 bits per heavy atom. The summed E-state index contributed by atoms with van der Waals surface area (Å²) in [5, 5.41) is 0.860. The number of hydrogen-bond donors (Lipinski definition) is 0. The molecule has 8 heteroatoms. The molecule has 140 valence electrons. The summed E-state index contributed by atoms with van der Waals surface area (Å²) in [6.45, 7) is 10.1. The average molecular weight is 407 g/mol. The van der Waals surface area contributed by atoms with Gasteiger partial charge in [0.05, 0.1) is 5.52 Å². The molecule has 1 unspecified atom stereocenters. The molecule has 2 aliphatic heterocycles. The number of nitrogens with zero attached hydrogens (tertiary/aromatic N) is 2.